The first-order valence-corrected chi connectivity index (χ1v) is 9.28. The van der Waals surface area contributed by atoms with Crippen molar-refractivity contribution in [2.45, 2.75) is 9.92 Å². The Morgan fingerprint density at radius 3 is 2.60 bits per heavy atom. The number of pyridine rings is 1. The van der Waals surface area contributed by atoms with E-state index in [1.807, 2.05) is 54.6 Å². The average Bonchev–Trinajstić information content (AvgIpc) is 3.05. The smallest absolute Gasteiger partial charge is 0.260 e. The minimum absolute atomic E-state index is 0.203. The van der Waals surface area contributed by atoms with Gasteiger partial charge in [0.05, 0.1) is 15.8 Å². The van der Waals surface area contributed by atoms with Crippen molar-refractivity contribution in [3.8, 4) is 0 Å². The number of aromatic nitrogens is 2. The van der Waals surface area contributed by atoms with Crippen LogP contribution >= 0.6 is 23.1 Å². The van der Waals surface area contributed by atoms with E-state index in [0.29, 0.717) is 15.7 Å². The maximum absolute atomic E-state index is 12.7. The van der Waals surface area contributed by atoms with Gasteiger partial charge in [-0.2, -0.15) is 0 Å². The summed E-state index contributed by atoms with van der Waals surface area (Å²) in [4.78, 5) is 22.6. The quantitative estimate of drug-likeness (QED) is 0.548. The maximum Gasteiger partial charge on any atom is 0.260 e. The molecule has 1 N–H and O–H groups in total. The van der Waals surface area contributed by atoms with Gasteiger partial charge in [-0.05, 0) is 36.4 Å². The molecule has 0 saturated heterocycles. The molecule has 0 bridgehead atoms. The minimum atomic E-state index is -0.203. The highest BCUT2D eigenvalue weighted by molar-refractivity contribution is 7.99. The summed E-state index contributed by atoms with van der Waals surface area (Å²) in [6.45, 7) is 0. The van der Waals surface area contributed by atoms with Gasteiger partial charge in [-0.1, -0.05) is 53.4 Å². The van der Waals surface area contributed by atoms with Gasteiger partial charge in [-0.3, -0.25) is 10.1 Å². The molecule has 0 saturated carbocycles. The zero-order valence-electron chi connectivity index (χ0n) is 13.0. The van der Waals surface area contributed by atoms with Crippen molar-refractivity contribution in [2.75, 3.05) is 5.32 Å². The summed E-state index contributed by atoms with van der Waals surface area (Å²) < 4.78 is 1.04. The number of anilines is 1. The second-order valence-electron chi connectivity index (χ2n) is 5.21. The molecule has 2 aromatic carbocycles. The van der Waals surface area contributed by atoms with Gasteiger partial charge in [0.15, 0.2) is 5.13 Å². The van der Waals surface area contributed by atoms with Gasteiger partial charge < -0.3 is 0 Å². The van der Waals surface area contributed by atoms with Gasteiger partial charge in [0, 0.05) is 11.1 Å². The van der Waals surface area contributed by atoms with Crippen LogP contribution in [0.3, 0.4) is 0 Å². The molecule has 0 aliphatic heterocycles. The first-order chi connectivity index (χ1) is 12.3. The largest absolute Gasteiger partial charge is 0.298 e. The molecule has 1 amide bonds. The number of hydrogen-bond donors (Lipinski definition) is 1. The van der Waals surface area contributed by atoms with Crippen molar-refractivity contribution in [1.29, 1.82) is 0 Å². The third-order valence-electron chi connectivity index (χ3n) is 3.49. The molecule has 2 aromatic heterocycles. The number of thiazole rings is 1. The van der Waals surface area contributed by atoms with E-state index in [9.17, 15) is 4.79 Å². The Morgan fingerprint density at radius 1 is 0.960 bits per heavy atom. The monoisotopic (exact) mass is 363 g/mol. The number of nitrogens with zero attached hydrogens (tertiary/aromatic N) is 2. The molecule has 0 fully saturated rings. The first-order valence-electron chi connectivity index (χ1n) is 7.64. The molecule has 0 unspecified atom stereocenters. The van der Waals surface area contributed by atoms with E-state index in [0.717, 1.165) is 15.1 Å². The van der Waals surface area contributed by atoms with E-state index in [1.54, 1.807) is 18.3 Å². The molecule has 4 rings (SSSR count). The topological polar surface area (TPSA) is 54.9 Å². The third-order valence-corrected chi connectivity index (χ3v) is 5.47. The van der Waals surface area contributed by atoms with Crippen LogP contribution in [0, 0.1) is 0 Å². The molecule has 2 heterocycles. The zero-order chi connectivity index (χ0) is 17.1. The number of para-hydroxylation sites is 1. The van der Waals surface area contributed by atoms with Gasteiger partial charge >= 0.3 is 0 Å². The van der Waals surface area contributed by atoms with Gasteiger partial charge in [0.25, 0.3) is 5.91 Å². The van der Waals surface area contributed by atoms with Crippen molar-refractivity contribution < 1.29 is 4.79 Å². The molecule has 0 spiro atoms. The predicted molar refractivity (Wildman–Crippen MR) is 102 cm³/mol. The Bertz CT molecular complexity index is 998. The number of rotatable bonds is 4. The van der Waals surface area contributed by atoms with E-state index in [2.05, 4.69) is 15.3 Å². The normalized spacial score (nSPS) is 10.7. The van der Waals surface area contributed by atoms with Crippen LogP contribution in [-0.2, 0) is 0 Å². The van der Waals surface area contributed by atoms with Crippen LogP contribution < -0.4 is 5.32 Å². The van der Waals surface area contributed by atoms with E-state index in [4.69, 9.17) is 0 Å². The zero-order valence-corrected chi connectivity index (χ0v) is 14.7. The van der Waals surface area contributed by atoms with Crippen LogP contribution in [0.2, 0.25) is 0 Å². The molecule has 25 heavy (non-hydrogen) atoms. The van der Waals surface area contributed by atoms with Gasteiger partial charge in [-0.15, -0.1) is 0 Å². The SMILES string of the molecule is O=C(Nc1nc2ccccc2s1)c1cccnc1Sc1ccccc1. The highest BCUT2D eigenvalue weighted by Crippen LogP contribution is 2.30. The summed E-state index contributed by atoms with van der Waals surface area (Å²) in [6.07, 6.45) is 1.69. The summed E-state index contributed by atoms with van der Waals surface area (Å²) in [5, 5.41) is 4.15. The fraction of sp³-hybridized carbons (Fsp3) is 0. The van der Waals surface area contributed by atoms with Crippen molar-refractivity contribution in [3.05, 3.63) is 78.5 Å². The molecule has 0 aliphatic carbocycles. The fourth-order valence-corrected chi connectivity index (χ4v) is 4.10. The van der Waals surface area contributed by atoms with Crippen LogP contribution in [-0.4, -0.2) is 15.9 Å². The lowest BCUT2D eigenvalue weighted by atomic mass is 10.3. The molecule has 122 valence electrons. The second-order valence-corrected chi connectivity index (χ2v) is 7.30. The molecule has 6 heteroatoms. The molecular weight excluding hydrogens is 350 g/mol. The summed E-state index contributed by atoms with van der Waals surface area (Å²) in [6, 6.07) is 21.2. The van der Waals surface area contributed by atoms with Crippen molar-refractivity contribution in [2.24, 2.45) is 0 Å². The third kappa shape index (κ3) is 3.55. The highest BCUT2D eigenvalue weighted by Gasteiger charge is 2.15. The average molecular weight is 363 g/mol. The number of benzene rings is 2. The van der Waals surface area contributed by atoms with Gasteiger partial charge in [0.1, 0.15) is 5.03 Å². The van der Waals surface area contributed by atoms with E-state index < -0.39 is 0 Å². The number of carbonyl (C=O) groups is 1. The highest BCUT2D eigenvalue weighted by atomic mass is 32.2. The second kappa shape index (κ2) is 7.04. The summed E-state index contributed by atoms with van der Waals surface area (Å²) >= 11 is 2.93. The molecule has 0 atom stereocenters. The first kappa shape index (κ1) is 15.8. The Hall–Kier alpha value is -2.70. The number of amides is 1. The number of fused-ring (bicyclic) bond motifs is 1. The Balaban J connectivity index is 1.59. The molecule has 4 aromatic rings. The van der Waals surface area contributed by atoms with Crippen LogP contribution in [0.15, 0.2) is 82.8 Å². The minimum Gasteiger partial charge on any atom is -0.298 e. The van der Waals surface area contributed by atoms with Gasteiger partial charge in [-0.25, -0.2) is 9.97 Å². The summed E-state index contributed by atoms with van der Waals surface area (Å²) in [5.74, 6) is -0.203. The number of hydrogen-bond acceptors (Lipinski definition) is 5. The lowest BCUT2D eigenvalue weighted by molar-refractivity contribution is 0.102. The van der Waals surface area contributed by atoms with Crippen molar-refractivity contribution in [3.63, 3.8) is 0 Å². The van der Waals surface area contributed by atoms with Crippen LogP contribution in [0.25, 0.3) is 10.2 Å². The predicted octanol–water partition coefficient (Wildman–Crippen LogP) is 5.09. The van der Waals surface area contributed by atoms with Crippen LogP contribution in [0.5, 0.6) is 0 Å². The van der Waals surface area contributed by atoms with Gasteiger partial charge in [0.2, 0.25) is 0 Å². The van der Waals surface area contributed by atoms with Crippen LogP contribution in [0.4, 0.5) is 5.13 Å². The molecule has 0 aliphatic rings. The lowest BCUT2D eigenvalue weighted by Gasteiger charge is -2.07. The van der Waals surface area contributed by atoms with E-state index in [1.165, 1.54) is 23.1 Å². The maximum atomic E-state index is 12.7. The molecular formula is C19H13N3OS2. The van der Waals surface area contributed by atoms with Crippen LogP contribution in [0.1, 0.15) is 10.4 Å². The van der Waals surface area contributed by atoms with Crippen molar-refractivity contribution in [1.82, 2.24) is 9.97 Å². The van der Waals surface area contributed by atoms with E-state index >= 15 is 0 Å². The lowest BCUT2D eigenvalue weighted by Crippen LogP contribution is -2.13. The molecule has 0 radical (unpaired) electrons. The number of carbonyl (C=O) groups excluding carboxylic acids is 1. The molecule has 4 nitrogen and oxygen atoms in total. The standard InChI is InChI=1S/C19H13N3OS2/c23-17(22-19-21-15-10-4-5-11-16(15)25-19)14-9-6-12-20-18(14)24-13-7-2-1-3-8-13/h1-12H,(H,21,22,23). The fourth-order valence-electron chi connectivity index (χ4n) is 2.34. The Morgan fingerprint density at radius 2 is 1.76 bits per heavy atom. The Labute approximate surface area is 153 Å². The Kier molecular flexibility index (Phi) is 4.45. The summed E-state index contributed by atoms with van der Waals surface area (Å²) in [7, 11) is 0. The summed E-state index contributed by atoms with van der Waals surface area (Å²) in [5.41, 5.74) is 1.42. The van der Waals surface area contributed by atoms with E-state index in [-0.39, 0.29) is 5.91 Å². The number of nitrogens with one attached hydrogen (secondary N) is 1. The van der Waals surface area contributed by atoms with Crippen molar-refractivity contribution >= 4 is 44.4 Å².